The Morgan fingerprint density at radius 2 is 2.21 bits per heavy atom. The maximum atomic E-state index is 11.1. The van der Waals surface area contributed by atoms with Crippen LogP contribution in [0.2, 0.25) is 0 Å². The minimum Gasteiger partial charge on any atom is -0.480 e. The van der Waals surface area contributed by atoms with Crippen LogP contribution < -0.4 is 5.32 Å². The fourth-order valence-corrected chi connectivity index (χ4v) is 3.56. The standard InChI is InChI=1S/C12H19N5O2/c18-12(19)10-5-9-3-7(1-2-8(9)6-13-10)4-11-14-16-17-15-11/h7-10,13H,1-6H2,(H,18,19)(H,14,15,16,17)/t7-,8-,9+,10-/m1/s1. The zero-order valence-electron chi connectivity index (χ0n) is 10.7. The average molecular weight is 265 g/mol. The van der Waals surface area contributed by atoms with Gasteiger partial charge in [0.15, 0.2) is 5.82 Å². The maximum absolute atomic E-state index is 11.1. The highest BCUT2D eigenvalue weighted by Crippen LogP contribution is 2.39. The van der Waals surface area contributed by atoms with Gasteiger partial charge in [-0.25, -0.2) is 0 Å². The lowest BCUT2D eigenvalue weighted by atomic mass is 9.69. The fourth-order valence-electron chi connectivity index (χ4n) is 3.56. The minimum atomic E-state index is -0.723. The van der Waals surface area contributed by atoms with Crippen molar-refractivity contribution < 1.29 is 9.90 Å². The monoisotopic (exact) mass is 265 g/mol. The molecule has 2 aliphatic rings. The Bertz CT molecular complexity index is 435. The number of aromatic nitrogens is 4. The van der Waals surface area contributed by atoms with Crippen LogP contribution in [-0.4, -0.2) is 44.3 Å². The first-order valence-corrected chi connectivity index (χ1v) is 6.91. The zero-order valence-corrected chi connectivity index (χ0v) is 10.7. The van der Waals surface area contributed by atoms with Gasteiger partial charge in [-0.15, -0.1) is 10.2 Å². The van der Waals surface area contributed by atoms with E-state index in [4.69, 9.17) is 5.11 Å². The van der Waals surface area contributed by atoms with Crippen LogP contribution in [0.25, 0.3) is 0 Å². The maximum Gasteiger partial charge on any atom is 0.320 e. The predicted octanol–water partition coefficient (Wildman–Crippen LogP) is 0.221. The third-order valence-electron chi connectivity index (χ3n) is 4.57. The van der Waals surface area contributed by atoms with Gasteiger partial charge in [-0.2, -0.15) is 5.21 Å². The van der Waals surface area contributed by atoms with Crippen molar-refractivity contribution in [3.63, 3.8) is 0 Å². The molecule has 1 aromatic heterocycles. The van der Waals surface area contributed by atoms with Crippen LogP contribution in [0.3, 0.4) is 0 Å². The van der Waals surface area contributed by atoms with E-state index in [2.05, 4.69) is 25.9 Å². The second kappa shape index (κ2) is 5.24. The van der Waals surface area contributed by atoms with Gasteiger partial charge in [-0.1, -0.05) is 5.21 Å². The quantitative estimate of drug-likeness (QED) is 0.722. The van der Waals surface area contributed by atoms with Gasteiger partial charge in [0, 0.05) is 6.42 Å². The van der Waals surface area contributed by atoms with Crippen LogP contribution in [-0.2, 0) is 11.2 Å². The molecule has 3 rings (SSSR count). The summed E-state index contributed by atoms with van der Waals surface area (Å²) in [4.78, 5) is 11.1. The van der Waals surface area contributed by atoms with Crippen LogP contribution in [0.4, 0.5) is 0 Å². The third-order valence-corrected chi connectivity index (χ3v) is 4.57. The topological polar surface area (TPSA) is 104 Å². The SMILES string of the molecule is O=C(O)[C@H]1C[C@@H]2C[C@H](Cc3nn[nH]n3)CC[C@@H]2CN1. The van der Waals surface area contributed by atoms with Gasteiger partial charge in [0.1, 0.15) is 6.04 Å². The van der Waals surface area contributed by atoms with E-state index in [9.17, 15) is 4.79 Å². The van der Waals surface area contributed by atoms with Crippen LogP contribution in [0.15, 0.2) is 0 Å². The second-order valence-electron chi connectivity index (χ2n) is 5.77. The molecule has 104 valence electrons. The highest BCUT2D eigenvalue weighted by Gasteiger charge is 2.37. The molecule has 0 spiro atoms. The Labute approximate surface area is 111 Å². The molecule has 19 heavy (non-hydrogen) atoms. The summed E-state index contributed by atoms with van der Waals surface area (Å²) in [6.07, 6.45) is 5.04. The number of nitrogens with one attached hydrogen (secondary N) is 2. The number of hydrogen-bond donors (Lipinski definition) is 3. The Balaban J connectivity index is 1.59. The smallest absolute Gasteiger partial charge is 0.320 e. The van der Waals surface area contributed by atoms with Crippen LogP contribution in [0, 0.1) is 17.8 Å². The number of piperidine rings is 1. The van der Waals surface area contributed by atoms with Gasteiger partial charge < -0.3 is 10.4 Å². The molecule has 0 radical (unpaired) electrons. The molecule has 7 nitrogen and oxygen atoms in total. The molecule has 0 bridgehead atoms. The normalized spacial score (nSPS) is 34.7. The van der Waals surface area contributed by atoms with Crippen molar-refractivity contribution >= 4 is 5.97 Å². The molecule has 1 saturated carbocycles. The van der Waals surface area contributed by atoms with Gasteiger partial charge >= 0.3 is 5.97 Å². The number of hydrogen-bond acceptors (Lipinski definition) is 5. The van der Waals surface area contributed by atoms with Gasteiger partial charge in [0.25, 0.3) is 0 Å². The Morgan fingerprint density at radius 1 is 1.32 bits per heavy atom. The molecule has 2 fully saturated rings. The minimum absolute atomic E-state index is 0.370. The second-order valence-corrected chi connectivity index (χ2v) is 5.77. The summed E-state index contributed by atoms with van der Waals surface area (Å²) in [5.74, 6) is 1.77. The van der Waals surface area contributed by atoms with Gasteiger partial charge in [0.05, 0.1) is 0 Å². The lowest BCUT2D eigenvalue weighted by Crippen LogP contribution is -2.49. The van der Waals surface area contributed by atoms with E-state index < -0.39 is 5.97 Å². The molecule has 4 atom stereocenters. The van der Waals surface area contributed by atoms with Gasteiger partial charge in [-0.05, 0) is 50.0 Å². The Morgan fingerprint density at radius 3 is 2.95 bits per heavy atom. The van der Waals surface area contributed by atoms with Crippen molar-refractivity contribution in [2.45, 2.75) is 38.1 Å². The molecule has 1 saturated heterocycles. The summed E-state index contributed by atoms with van der Waals surface area (Å²) in [6, 6.07) is -0.370. The molecule has 1 aliphatic carbocycles. The van der Waals surface area contributed by atoms with Crippen LogP contribution in [0.1, 0.15) is 31.5 Å². The summed E-state index contributed by atoms with van der Waals surface area (Å²) in [5, 5.41) is 26.3. The molecule has 1 aliphatic heterocycles. The van der Waals surface area contributed by atoms with E-state index in [0.29, 0.717) is 17.8 Å². The number of nitrogens with zero attached hydrogens (tertiary/aromatic N) is 3. The van der Waals surface area contributed by atoms with E-state index in [-0.39, 0.29) is 6.04 Å². The first-order chi connectivity index (χ1) is 9.22. The molecule has 7 heteroatoms. The van der Waals surface area contributed by atoms with E-state index in [0.717, 1.165) is 31.6 Å². The number of H-pyrrole nitrogens is 1. The largest absolute Gasteiger partial charge is 0.480 e. The number of tetrazole rings is 1. The molecule has 2 heterocycles. The van der Waals surface area contributed by atoms with Crippen LogP contribution in [0.5, 0.6) is 0 Å². The molecule has 3 N–H and O–H groups in total. The number of aromatic amines is 1. The van der Waals surface area contributed by atoms with Crippen LogP contribution >= 0.6 is 0 Å². The van der Waals surface area contributed by atoms with Crippen molar-refractivity contribution in [1.29, 1.82) is 0 Å². The van der Waals surface area contributed by atoms with Gasteiger partial charge in [-0.3, -0.25) is 4.79 Å². The summed E-state index contributed by atoms with van der Waals surface area (Å²) >= 11 is 0. The fraction of sp³-hybridized carbons (Fsp3) is 0.833. The third kappa shape index (κ3) is 2.75. The Hall–Kier alpha value is -1.50. The highest BCUT2D eigenvalue weighted by molar-refractivity contribution is 5.73. The summed E-state index contributed by atoms with van der Waals surface area (Å²) < 4.78 is 0. The summed E-state index contributed by atoms with van der Waals surface area (Å²) in [7, 11) is 0. The molecule has 0 unspecified atom stereocenters. The van der Waals surface area contributed by atoms with Crippen molar-refractivity contribution in [3.05, 3.63) is 5.82 Å². The molecule has 0 aromatic carbocycles. The predicted molar refractivity (Wildman–Crippen MR) is 66.2 cm³/mol. The highest BCUT2D eigenvalue weighted by atomic mass is 16.4. The summed E-state index contributed by atoms with van der Waals surface area (Å²) in [5.41, 5.74) is 0. The summed E-state index contributed by atoms with van der Waals surface area (Å²) in [6.45, 7) is 0.844. The molecule has 1 aromatic rings. The van der Waals surface area contributed by atoms with Crippen molar-refractivity contribution in [2.75, 3.05) is 6.54 Å². The number of rotatable bonds is 3. The lowest BCUT2D eigenvalue weighted by molar-refractivity contribution is -0.141. The Kier molecular flexibility index (Phi) is 3.46. The number of aliphatic carboxylic acids is 1. The number of fused-ring (bicyclic) bond motifs is 1. The van der Waals surface area contributed by atoms with E-state index >= 15 is 0 Å². The van der Waals surface area contributed by atoms with E-state index in [1.165, 1.54) is 12.8 Å². The molecular formula is C12H19N5O2. The molecule has 0 amide bonds. The molecular weight excluding hydrogens is 246 g/mol. The average Bonchev–Trinajstić information content (AvgIpc) is 2.90. The van der Waals surface area contributed by atoms with Crippen molar-refractivity contribution in [3.8, 4) is 0 Å². The van der Waals surface area contributed by atoms with Crippen molar-refractivity contribution in [1.82, 2.24) is 25.9 Å². The van der Waals surface area contributed by atoms with E-state index in [1.54, 1.807) is 0 Å². The van der Waals surface area contributed by atoms with Crippen molar-refractivity contribution in [2.24, 2.45) is 17.8 Å². The van der Waals surface area contributed by atoms with Gasteiger partial charge in [0.2, 0.25) is 0 Å². The first kappa shape index (κ1) is 12.5. The first-order valence-electron chi connectivity index (χ1n) is 6.91. The zero-order chi connectivity index (χ0) is 13.2. The number of carboxylic acids is 1. The van der Waals surface area contributed by atoms with E-state index in [1.807, 2.05) is 0 Å². The number of carboxylic acid groups (broad SMARTS) is 1. The number of carbonyl (C=O) groups is 1. The lowest BCUT2D eigenvalue weighted by Gasteiger charge is -2.41.